The van der Waals surface area contributed by atoms with Crippen LogP contribution in [0.4, 0.5) is 0 Å². The highest BCUT2D eigenvalue weighted by Crippen LogP contribution is 2.30. The lowest BCUT2D eigenvalue weighted by molar-refractivity contribution is -0.153. The predicted molar refractivity (Wildman–Crippen MR) is 87.6 cm³/mol. The highest BCUT2D eigenvalue weighted by Gasteiger charge is 2.30. The molecule has 0 spiro atoms. The fourth-order valence-corrected chi connectivity index (χ4v) is 2.55. The van der Waals surface area contributed by atoms with Crippen LogP contribution in [0.2, 0.25) is 0 Å². The van der Waals surface area contributed by atoms with E-state index >= 15 is 0 Å². The van der Waals surface area contributed by atoms with Crippen LogP contribution in [0.3, 0.4) is 0 Å². The van der Waals surface area contributed by atoms with Crippen molar-refractivity contribution in [1.82, 2.24) is 0 Å². The summed E-state index contributed by atoms with van der Waals surface area (Å²) in [6.45, 7) is 9.74. The molecule has 1 rings (SSSR count). The van der Waals surface area contributed by atoms with E-state index in [-0.39, 0.29) is 22.5 Å². The van der Waals surface area contributed by atoms with Crippen molar-refractivity contribution in [3.63, 3.8) is 0 Å². The Morgan fingerprint density at radius 2 is 1.83 bits per heavy atom. The molecule has 0 radical (unpaired) electrons. The predicted octanol–water partition coefficient (Wildman–Crippen LogP) is 3.76. The first kappa shape index (κ1) is 18.6. The normalized spacial score (nSPS) is 12.6. The Hall–Kier alpha value is -2.48. The van der Waals surface area contributed by atoms with Crippen LogP contribution in [0.5, 0.6) is 11.5 Å². The van der Waals surface area contributed by atoms with Gasteiger partial charge in [-0.05, 0) is 49.5 Å². The van der Waals surface area contributed by atoms with Gasteiger partial charge in [-0.15, -0.1) is 0 Å². The molecule has 0 aliphatic carbocycles. The van der Waals surface area contributed by atoms with Crippen LogP contribution in [0.15, 0.2) is 23.8 Å². The third kappa shape index (κ3) is 6.03. The van der Waals surface area contributed by atoms with Gasteiger partial charge in [0.05, 0.1) is 0 Å². The van der Waals surface area contributed by atoms with Gasteiger partial charge in [-0.3, -0.25) is 0 Å². The SMILES string of the molecule is CC(C)(C)CC(C)(C)OC(=O)C(C#N)=Cc1ccc(O)c(O)c1. The molecule has 5 nitrogen and oxygen atoms in total. The fraction of sp³-hybridized carbons (Fsp3) is 0.444. The molecule has 0 aromatic heterocycles. The zero-order valence-electron chi connectivity index (χ0n) is 14.2. The van der Waals surface area contributed by atoms with Crippen LogP contribution < -0.4 is 0 Å². The maximum Gasteiger partial charge on any atom is 0.349 e. The van der Waals surface area contributed by atoms with E-state index in [1.807, 2.05) is 26.8 Å². The van der Waals surface area contributed by atoms with Crippen LogP contribution in [-0.4, -0.2) is 21.8 Å². The Balaban J connectivity index is 2.97. The minimum atomic E-state index is -0.714. The standard InChI is InChI=1S/C18H23NO4/c1-17(2,3)11-18(4,5)23-16(22)13(10-19)8-12-6-7-14(20)15(21)9-12/h6-9,20-21H,11H2,1-5H3. The minimum Gasteiger partial charge on any atom is -0.504 e. The number of benzene rings is 1. The van der Waals surface area contributed by atoms with Crippen LogP contribution in [0.1, 0.15) is 46.6 Å². The minimum absolute atomic E-state index is 0.0248. The molecule has 1 aromatic carbocycles. The van der Waals surface area contributed by atoms with E-state index in [1.54, 1.807) is 13.8 Å². The molecule has 0 fully saturated rings. The number of esters is 1. The van der Waals surface area contributed by atoms with Crippen molar-refractivity contribution in [2.45, 2.75) is 46.6 Å². The van der Waals surface area contributed by atoms with Gasteiger partial charge < -0.3 is 14.9 Å². The van der Waals surface area contributed by atoms with Gasteiger partial charge in [0.1, 0.15) is 17.2 Å². The average molecular weight is 317 g/mol. The number of nitriles is 1. The van der Waals surface area contributed by atoms with E-state index in [9.17, 15) is 20.3 Å². The van der Waals surface area contributed by atoms with Gasteiger partial charge in [0, 0.05) is 0 Å². The number of hydrogen-bond acceptors (Lipinski definition) is 5. The highest BCUT2D eigenvalue weighted by atomic mass is 16.6. The Bertz CT molecular complexity index is 661. The molecule has 0 aliphatic heterocycles. The Morgan fingerprint density at radius 1 is 1.22 bits per heavy atom. The number of aromatic hydroxyl groups is 2. The van der Waals surface area contributed by atoms with Crippen LogP contribution in [0.25, 0.3) is 6.08 Å². The summed E-state index contributed by atoms with van der Waals surface area (Å²) in [7, 11) is 0. The van der Waals surface area contributed by atoms with Gasteiger partial charge >= 0.3 is 5.97 Å². The smallest absolute Gasteiger partial charge is 0.349 e. The summed E-state index contributed by atoms with van der Waals surface area (Å²) in [6, 6.07) is 5.85. The molecule has 1 aromatic rings. The Labute approximate surface area is 136 Å². The monoisotopic (exact) mass is 317 g/mol. The fourth-order valence-electron chi connectivity index (χ4n) is 2.55. The van der Waals surface area contributed by atoms with E-state index in [0.717, 1.165) is 0 Å². The van der Waals surface area contributed by atoms with Crippen molar-refractivity contribution in [3.8, 4) is 17.6 Å². The number of hydrogen-bond donors (Lipinski definition) is 2. The summed E-state index contributed by atoms with van der Waals surface area (Å²) < 4.78 is 5.45. The molecule has 0 unspecified atom stereocenters. The summed E-state index contributed by atoms with van der Waals surface area (Å²) in [5.41, 5.74) is -0.481. The molecule has 0 saturated carbocycles. The highest BCUT2D eigenvalue weighted by molar-refractivity contribution is 5.98. The lowest BCUT2D eigenvalue weighted by Gasteiger charge is -2.32. The van der Waals surface area contributed by atoms with Crippen molar-refractivity contribution in [1.29, 1.82) is 5.26 Å². The van der Waals surface area contributed by atoms with Gasteiger partial charge in [0.25, 0.3) is 0 Å². The second-order valence-corrected chi connectivity index (χ2v) is 7.30. The number of phenols is 2. The van der Waals surface area contributed by atoms with Crippen molar-refractivity contribution >= 4 is 12.0 Å². The van der Waals surface area contributed by atoms with Gasteiger partial charge in [0.15, 0.2) is 11.5 Å². The van der Waals surface area contributed by atoms with Crippen molar-refractivity contribution in [2.75, 3.05) is 0 Å². The topological polar surface area (TPSA) is 90.6 Å². The van der Waals surface area contributed by atoms with E-state index in [0.29, 0.717) is 12.0 Å². The molecule has 0 aliphatic rings. The molecule has 0 bridgehead atoms. The van der Waals surface area contributed by atoms with E-state index in [4.69, 9.17) is 4.74 Å². The first-order valence-electron chi connectivity index (χ1n) is 7.31. The number of carbonyl (C=O) groups excluding carboxylic acids is 1. The Morgan fingerprint density at radius 3 is 2.30 bits per heavy atom. The molecule has 0 amide bonds. The first-order chi connectivity index (χ1) is 10.4. The summed E-state index contributed by atoms with van der Waals surface area (Å²) >= 11 is 0. The number of rotatable bonds is 4. The Kier molecular flexibility index (Phi) is 5.44. The summed E-state index contributed by atoms with van der Waals surface area (Å²) in [6.07, 6.45) is 1.96. The molecular formula is C18H23NO4. The van der Waals surface area contributed by atoms with Gasteiger partial charge in [-0.1, -0.05) is 26.8 Å². The van der Waals surface area contributed by atoms with Crippen molar-refractivity contribution < 1.29 is 19.7 Å². The van der Waals surface area contributed by atoms with E-state index in [2.05, 4.69) is 0 Å². The van der Waals surface area contributed by atoms with Gasteiger partial charge in [-0.25, -0.2) is 4.79 Å². The number of nitrogens with zero attached hydrogens (tertiary/aromatic N) is 1. The van der Waals surface area contributed by atoms with Gasteiger partial charge in [0.2, 0.25) is 0 Å². The quantitative estimate of drug-likeness (QED) is 0.382. The zero-order valence-corrected chi connectivity index (χ0v) is 14.2. The van der Waals surface area contributed by atoms with Crippen molar-refractivity contribution in [3.05, 3.63) is 29.3 Å². The largest absolute Gasteiger partial charge is 0.504 e. The van der Waals surface area contributed by atoms with E-state index in [1.165, 1.54) is 24.3 Å². The van der Waals surface area contributed by atoms with Crippen LogP contribution in [-0.2, 0) is 9.53 Å². The first-order valence-corrected chi connectivity index (χ1v) is 7.31. The molecule has 0 heterocycles. The second-order valence-electron chi connectivity index (χ2n) is 7.30. The molecule has 5 heteroatoms. The summed E-state index contributed by atoms with van der Waals surface area (Å²) in [5.74, 6) is -1.30. The molecule has 0 saturated heterocycles. The number of carbonyl (C=O) groups is 1. The molecule has 23 heavy (non-hydrogen) atoms. The number of phenolic OH excluding ortho intramolecular Hbond substituents is 2. The maximum absolute atomic E-state index is 12.2. The van der Waals surface area contributed by atoms with E-state index < -0.39 is 11.6 Å². The maximum atomic E-state index is 12.2. The molecule has 124 valence electrons. The van der Waals surface area contributed by atoms with Gasteiger partial charge in [-0.2, -0.15) is 5.26 Å². The molecule has 2 N–H and O–H groups in total. The number of ether oxygens (including phenoxy) is 1. The second kappa shape index (κ2) is 6.74. The lowest BCUT2D eigenvalue weighted by Crippen LogP contribution is -2.33. The summed E-state index contributed by atoms with van der Waals surface area (Å²) in [4.78, 5) is 12.2. The third-order valence-corrected chi connectivity index (χ3v) is 2.98. The van der Waals surface area contributed by atoms with Crippen molar-refractivity contribution in [2.24, 2.45) is 5.41 Å². The third-order valence-electron chi connectivity index (χ3n) is 2.98. The zero-order chi connectivity index (χ0) is 17.8. The van der Waals surface area contributed by atoms with Crippen LogP contribution >= 0.6 is 0 Å². The summed E-state index contributed by atoms with van der Waals surface area (Å²) in [5, 5.41) is 27.9. The lowest BCUT2D eigenvalue weighted by atomic mass is 9.83. The molecular weight excluding hydrogens is 294 g/mol. The molecule has 0 atom stereocenters. The van der Waals surface area contributed by atoms with Crippen LogP contribution in [0, 0.1) is 16.7 Å². The average Bonchev–Trinajstić information content (AvgIpc) is 2.36.